The third-order valence-corrected chi connectivity index (χ3v) is 4.33. The highest BCUT2D eigenvalue weighted by atomic mass is 32.1. The zero-order valence-corrected chi connectivity index (χ0v) is 13.0. The molecule has 0 amide bonds. The highest BCUT2D eigenvalue weighted by molar-refractivity contribution is 7.15. The fourth-order valence-corrected chi connectivity index (χ4v) is 2.83. The Morgan fingerprint density at radius 1 is 1.53 bits per heavy atom. The first kappa shape index (κ1) is 14.5. The molecule has 5 heteroatoms. The first-order valence-corrected chi connectivity index (χ1v) is 7.64. The van der Waals surface area contributed by atoms with Crippen LogP contribution in [0, 0.1) is 0 Å². The molecule has 4 nitrogen and oxygen atoms in total. The number of aromatic nitrogens is 2. The summed E-state index contributed by atoms with van der Waals surface area (Å²) in [5, 5.41) is 5.63. The van der Waals surface area contributed by atoms with Crippen molar-refractivity contribution in [1.29, 1.82) is 0 Å². The molecule has 2 aromatic heterocycles. The molecule has 1 atom stereocenters. The van der Waals surface area contributed by atoms with Crippen molar-refractivity contribution in [3.05, 3.63) is 23.5 Å². The van der Waals surface area contributed by atoms with E-state index in [1.54, 1.807) is 18.4 Å². The molecule has 0 aliphatic carbocycles. The molecule has 0 spiro atoms. The quantitative estimate of drug-likeness (QED) is 0.848. The maximum atomic E-state index is 5.63. The van der Waals surface area contributed by atoms with Gasteiger partial charge in [0.25, 0.3) is 0 Å². The fourth-order valence-electron chi connectivity index (χ4n) is 2.11. The summed E-state index contributed by atoms with van der Waals surface area (Å²) in [6, 6.07) is 0.266. The highest BCUT2D eigenvalue weighted by Crippen LogP contribution is 2.19. The first-order valence-electron chi connectivity index (χ1n) is 6.76. The predicted octanol–water partition coefficient (Wildman–Crippen LogP) is 2.73. The summed E-state index contributed by atoms with van der Waals surface area (Å²) in [6.07, 6.45) is 6.16. The van der Waals surface area contributed by atoms with Gasteiger partial charge in [-0.15, -0.1) is 11.3 Å². The molecule has 1 N–H and O–H groups in total. The summed E-state index contributed by atoms with van der Waals surface area (Å²) >= 11 is 1.67. The zero-order chi connectivity index (χ0) is 13.9. The number of nitrogens with zero attached hydrogens (tertiary/aromatic N) is 2. The maximum Gasteiger partial charge on any atom is 0.193 e. The summed E-state index contributed by atoms with van der Waals surface area (Å²) in [4.78, 5) is 5.71. The van der Waals surface area contributed by atoms with Gasteiger partial charge in [-0.05, 0) is 26.8 Å². The van der Waals surface area contributed by atoms with Gasteiger partial charge in [0.2, 0.25) is 0 Å². The Morgan fingerprint density at radius 2 is 2.32 bits per heavy atom. The second-order valence-corrected chi connectivity index (χ2v) is 6.22. The molecule has 2 aromatic rings. The Morgan fingerprint density at radius 3 is 2.95 bits per heavy atom. The van der Waals surface area contributed by atoms with Crippen LogP contribution in [0.5, 0.6) is 0 Å². The van der Waals surface area contributed by atoms with E-state index < -0.39 is 0 Å². The molecule has 0 saturated carbocycles. The van der Waals surface area contributed by atoms with Gasteiger partial charge in [0.15, 0.2) is 4.96 Å². The number of rotatable bonds is 7. The molecule has 0 aliphatic rings. The van der Waals surface area contributed by atoms with Crippen molar-refractivity contribution in [1.82, 2.24) is 14.7 Å². The standard InChI is InChI=1S/C14H23N3OS/c1-5-6-15-12(14(2,3)18-4)9-11-10-17-7-8-19-13(17)16-11/h7-8,10,12,15H,5-6,9H2,1-4H3. The lowest BCUT2D eigenvalue weighted by Crippen LogP contribution is -2.49. The van der Waals surface area contributed by atoms with Crippen molar-refractivity contribution in [2.75, 3.05) is 13.7 Å². The number of ether oxygens (including phenoxy) is 1. The lowest BCUT2D eigenvalue weighted by Gasteiger charge is -2.33. The minimum absolute atomic E-state index is 0.202. The lowest BCUT2D eigenvalue weighted by molar-refractivity contribution is -0.0102. The number of methoxy groups -OCH3 is 1. The number of fused-ring (bicyclic) bond motifs is 1. The van der Waals surface area contributed by atoms with E-state index in [1.165, 1.54) is 0 Å². The summed E-state index contributed by atoms with van der Waals surface area (Å²) < 4.78 is 7.71. The van der Waals surface area contributed by atoms with Crippen LogP contribution in [0.3, 0.4) is 0 Å². The fraction of sp³-hybridized carbons (Fsp3) is 0.643. The third kappa shape index (κ3) is 3.35. The monoisotopic (exact) mass is 281 g/mol. The van der Waals surface area contributed by atoms with Crippen molar-refractivity contribution in [3.8, 4) is 0 Å². The normalized spacial score (nSPS) is 14.1. The molecule has 106 valence electrons. The molecule has 0 aromatic carbocycles. The summed E-state index contributed by atoms with van der Waals surface area (Å²) in [5.41, 5.74) is 0.914. The van der Waals surface area contributed by atoms with E-state index in [0.29, 0.717) is 0 Å². The minimum atomic E-state index is -0.202. The van der Waals surface area contributed by atoms with Crippen LogP contribution < -0.4 is 5.32 Å². The van der Waals surface area contributed by atoms with Gasteiger partial charge >= 0.3 is 0 Å². The van der Waals surface area contributed by atoms with E-state index in [-0.39, 0.29) is 11.6 Å². The Hall–Kier alpha value is -0.910. The van der Waals surface area contributed by atoms with Crippen molar-refractivity contribution in [3.63, 3.8) is 0 Å². The number of thiazole rings is 1. The predicted molar refractivity (Wildman–Crippen MR) is 79.9 cm³/mol. The van der Waals surface area contributed by atoms with E-state index >= 15 is 0 Å². The van der Waals surface area contributed by atoms with Crippen molar-refractivity contribution >= 4 is 16.3 Å². The van der Waals surface area contributed by atoms with Crippen molar-refractivity contribution in [2.45, 2.75) is 45.3 Å². The van der Waals surface area contributed by atoms with Crippen LogP contribution in [0.15, 0.2) is 17.8 Å². The SMILES string of the molecule is CCCNC(Cc1cn2ccsc2n1)C(C)(C)OC. The van der Waals surface area contributed by atoms with Gasteiger partial charge < -0.3 is 10.1 Å². The molecule has 0 bridgehead atoms. The van der Waals surface area contributed by atoms with E-state index in [0.717, 1.165) is 30.0 Å². The molecule has 0 saturated heterocycles. The largest absolute Gasteiger partial charge is 0.377 e. The average Bonchev–Trinajstić information content (AvgIpc) is 2.94. The Bertz CT molecular complexity index is 489. The molecule has 0 radical (unpaired) electrons. The Labute approximate surface area is 118 Å². The van der Waals surface area contributed by atoms with Crippen molar-refractivity contribution < 1.29 is 4.74 Å². The molecule has 2 rings (SSSR count). The van der Waals surface area contributed by atoms with Gasteiger partial charge in [-0.25, -0.2) is 4.98 Å². The molecule has 1 unspecified atom stereocenters. The number of imidazole rings is 1. The van der Waals surface area contributed by atoms with Crippen LogP contribution in [0.25, 0.3) is 4.96 Å². The molecular weight excluding hydrogens is 258 g/mol. The summed E-state index contributed by atoms with van der Waals surface area (Å²) in [7, 11) is 1.77. The third-order valence-electron chi connectivity index (χ3n) is 3.56. The van der Waals surface area contributed by atoms with Crippen LogP contribution in [0.2, 0.25) is 0 Å². The first-order chi connectivity index (χ1) is 9.06. The van der Waals surface area contributed by atoms with Gasteiger partial charge in [-0.2, -0.15) is 0 Å². The van der Waals surface area contributed by atoms with Crippen LogP contribution in [-0.4, -0.2) is 34.7 Å². The maximum absolute atomic E-state index is 5.63. The zero-order valence-electron chi connectivity index (χ0n) is 12.1. The van der Waals surface area contributed by atoms with Crippen LogP contribution in [-0.2, 0) is 11.2 Å². The van der Waals surface area contributed by atoms with Crippen molar-refractivity contribution in [2.24, 2.45) is 0 Å². The number of hydrogen-bond acceptors (Lipinski definition) is 4. The van der Waals surface area contributed by atoms with E-state index in [2.05, 4.69) is 47.0 Å². The Kier molecular flexibility index (Phi) is 4.60. The molecule has 0 aliphatic heterocycles. The number of hydrogen-bond donors (Lipinski definition) is 1. The minimum Gasteiger partial charge on any atom is -0.377 e. The lowest BCUT2D eigenvalue weighted by atomic mass is 9.94. The number of nitrogens with one attached hydrogen (secondary N) is 1. The van der Waals surface area contributed by atoms with E-state index in [1.807, 2.05) is 6.20 Å². The van der Waals surface area contributed by atoms with Gasteiger partial charge in [0, 0.05) is 37.3 Å². The topological polar surface area (TPSA) is 38.6 Å². The van der Waals surface area contributed by atoms with Crippen LogP contribution in [0.4, 0.5) is 0 Å². The van der Waals surface area contributed by atoms with E-state index in [9.17, 15) is 0 Å². The second kappa shape index (κ2) is 6.03. The van der Waals surface area contributed by atoms with Gasteiger partial charge in [0.1, 0.15) is 0 Å². The van der Waals surface area contributed by atoms with Gasteiger partial charge in [-0.1, -0.05) is 6.92 Å². The molecule has 19 heavy (non-hydrogen) atoms. The highest BCUT2D eigenvalue weighted by Gasteiger charge is 2.29. The Balaban J connectivity index is 2.12. The van der Waals surface area contributed by atoms with E-state index in [4.69, 9.17) is 4.74 Å². The summed E-state index contributed by atoms with van der Waals surface area (Å²) in [6.45, 7) is 7.42. The summed E-state index contributed by atoms with van der Waals surface area (Å²) in [5.74, 6) is 0. The van der Waals surface area contributed by atoms with Gasteiger partial charge in [-0.3, -0.25) is 4.40 Å². The average molecular weight is 281 g/mol. The molecular formula is C14H23N3OS. The second-order valence-electron chi connectivity index (χ2n) is 5.34. The smallest absolute Gasteiger partial charge is 0.193 e. The van der Waals surface area contributed by atoms with Crippen LogP contribution >= 0.6 is 11.3 Å². The van der Waals surface area contributed by atoms with Crippen LogP contribution in [0.1, 0.15) is 32.9 Å². The van der Waals surface area contributed by atoms with Gasteiger partial charge in [0.05, 0.1) is 11.3 Å². The molecule has 0 fully saturated rings. The molecule has 2 heterocycles.